The Morgan fingerprint density at radius 1 is 1.05 bits per heavy atom. The molecule has 3 nitrogen and oxygen atoms in total. The second kappa shape index (κ2) is 6.16. The van der Waals surface area contributed by atoms with Crippen LogP contribution in [0.15, 0.2) is 54.6 Å². The van der Waals surface area contributed by atoms with Crippen molar-refractivity contribution < 1.29 is 14.6 Å². The minimum absolute atomic E-state index is 0.0266. The Bertz CT molecular complexity index is 532. The molecule has 0 radical (unpaired) electrons. The van der Waals surface area contributed by atoms with Crippen molar-refractivity contribution in [2.24, 2.45) is 0 Å². The first-order valence-electron chi connectivity index (χ1n) is 6.10. The first-order valence-corrected chi connectivity index (χ1v) is 6.10. The average molecular weight is 256 g/mol. The predicted octanol–water partition coefficient (Wildman–Crippen LogP) is 3.52. The smallest absolute Gasteiger partial charge is 0.306 e. The standard InChI is InChI=1S/C16H16O3/c1-19-15(11-16(17)18)14-9-7-13(8-10-14)12-5-3-2-4-6-12/h2-10,15H,11H2,1H3,(H,17,18). The number of carboxylic acid groups (broad SMARTS) is 1. The van der Waals surface area contributed by atoms with Crippen molar-refractivity contribution in [3.8, 4) is 11.1 Å². The highest BCUT2D eigenvalue weighted by atomic mass is 16.5. The molecule has 0 fully saturated rings. The van der Waals surface area contributed by atoms with Crippen LogP contribution >= 0.6 is 0 Å². The molecule has 0 saturated carbocycles. The Kier molecular flexibility index (Phi) is 4.31. The maximum Gasteiger partial charge on any atom is 0.306 e. The minimum Gasteiger partial charge on any atom is -0.481 e. The van der Waals surface area contributed by atoms with Gasteiger partial charge in [0.05, 0.1) is 12.5 Å². The van der Waals surface area contributed by atoms with Gasteiger partial charge in [-0.05, 0) is 16.7 Å². The van der Waals surface area contributed by atoms with E-state index in [-0.39, 0.29) is 6.42 Å². The van der Waals surface area contributed by atoms with Gasteiger partial charge in [0.2, 0.25) is 0 Å². The van der Waals surface area contributed by atoms with Crippen LogP contribution in [0.4, 0.5) is 0 Å². The zero-order chi connectivity index (χ0) is 13.7. The van der Waals surface area contributed by atoms with Crippen molar-refractivity contribution in [2.45, 2.75) is 12.5 Å². The molecule has 98 valence electrons. The number of aliphatic carboxylic acids is 1. The second-order valence-electron chi connectivity index (χ2n) is 4.31. The van der Waals surface area contributed by atoms with E-state index in [0.717, 1.165) is 16.7 Å². The fourth-order valence-electron chi connectivity index (χ4n) is 2.02. The van der Waals surface area contributed by atoms with Crippen LogP contribution in [-0.4, -0.2) is 18.2 Å². The van der Waals surface area contributed by atoms with E-state index in [1.54, 1.807) is 0 Å². The second-order valence-corrected chi connectivity index (χ2v) is 4.31. The lowest BCUT2D eigenvalue weighted by Crippen LogP contribution is -2.08. The molecule has 1 N–H and O–H groups in total. The van der Waals surface area contributed by atoms with Crippen LogP contribution in [0.3, 0.4) is 0 Å². The van der Waals surface area contributed by atoms with Crippen LogP contribution in [0, 0.1) is 0 Å². The molecule has 19 heavy (non-hydrogen) atoms. The first kappa shape index (κ1) is 13.3. The average Bonchev–Trinajstić information content (AvgIpc) is 2.46. The molecule has 2 aromatic carbocycles. The summed E-state index contributed by atoms with van der Waals surface area (Å²) in [5.41, 5.74) is 3.13. The third-order valence-electron chi connectivity index (χ3n) is 3.03. The molecule has 0 aliphatic heterocycles. The van der Waals surface area contributed by atoms with Crippen molar-refractivity contribution in [1.29, 1.82) is 0 Å². The van der Waals surface area contributed by atoms with Gasteiger partial charge in [-0.2, -0.15) is 0 Å². The number of methoxy groups -OCH3 is 1. The number of carbonyl (C=O) groups is 1. The van der Waals surface area contributed by atoms with Gasteiger partial charge in [0.1, 0.15) is 0 Å². The number of rotatable bonds is 5. The molecule has 2 aromatic rings. The third kappa shape index (κ3) is 3.42. The number of benzene rings is 2. The molecule has 0 saturated heterocycles. The molecule has 3 heteroatoms. The van der Waals surface area contributed by atoms with Crippen molar-refractivity contribution in [2.75, 3.05) is 7.11 Å². The Hall–Kier alpha value is -2.13. The quantitative estimate of drug-likeness (QED) is 0.890. The zero-order valence-electron chi connectivity index (χ0n) is 10.7. The SMILES string of the molecule is COC(CC(=O)O)c1ccc(-c2ccccc2)cc1. The summed E-state index contributed by atoms with van der Waals surface area (Å²) in [7, 11) is 1.53. The molecule has 0 aliphatic carbocycles. The van der Waals surface area contributed by atoms with Gasteiger partial charge < -0.3 is 9.84 Å². The summed E-state index contributed by atoms with van der Waals surface area (Å²) in [6.45, 7) is 0. The topological polar surface area (TPSA) is 46.5 Å². The highest BCUT2D eigenvalue weighted by molar-refractivity contribution is 5.68. The van der Waals surface area contributed by atoms with E-state index in [9.17, 15) is 4.79 Å². The third-order valence-corrected chi connectivity index (χ3v) is 3.03. The van der Waals surface area contributed by atoms with Crippen LogP contribution in [0.25, 0.3) is 11.1 Å². The van der Waals surface area contributed by atoms with E-state index in [1.165, 1.54) is 7.11 Å². The molecule has 0 bridgehead atoms. The maximum atomic E-state index is 10.8. The van der Waals surface area contributed by atoms with E-state index in [2.05, 4.69) is 0 Å². The number of hydrogen-bond donors (Lipinski definition) is 1. The Labute approximate surface area is 112 Å². The summed E-state index contributed by atoms with van der Waals surface area (Å²) in [5.74, 6) is -0.862. The number of ether oxygens (including phenoxy) is 1. The molecule has 0 aromatic heterocycles. The largest absolute Gasteiger partial charge is 0.481 e. The monoisotopic (exact) mass is 256 g/mol. The lowest BCUT2D eigenvalue weighted by molar-refractivity contribution is -0.139. The predicted molar refractivity (Wildman–Crippen MR) is 73.9 cm³/mol. The first-order chi connectivity index (χ1) is 9.20. The highest BCUT2D eigenvalue weighted by Gasteiger charge is 2.14. The normalized spacial score (nSPS) is 12.1. The molecule has 1 atom stereocenters. The van der Waals surface area contributed by atoms with E-state index in [1.807, 2.05) is 54.6 Å². The molecule has 0 spiro atoms. The highest BCUT2D eigenvalue weighted by Crippen LogP contribution is 2.24. The Balaban J connectivity index is 2.20. The molecule has 0 aliphatic rings. The van der Waals surface area contributed by atoms with Crippen LogP contribution in [0.5, 0.6) is 0 Å². The Morgan fingerprint density at radius 2 is 1.63 bits per heavy atom. The van der Waals surface area contributed by atoms with Crippen LogP contribution in [0.2, 0.25) is 0 Å². The number of carboxylic acids is 1. The van der Waals surface area contributed by atoms with E-state index < -0.39 is 12.1 Å². The molecular formula is C16H16O3. The van der Waals surface area contributed by atoms with Gasteiger partial charge in [-0.3, -0.25) is 4.79 Å². The van der Waals surface area contributed by atoms with Crippen LogP contribution in [-0.2, 0) is 9.53 Å². The summed E-state index contributed by atoms with van der Waals surface area (Å²) in [6.07, 6.45) is -0.427. The van der Waals surface area contributed by atoms with Crippen molar-refractivity contribution in [3.63, 3.8) is 0 Å². The fraction of sp³-hybridized carbons (Fsp3) is 0.188. The molecule has 1 unspecified atom stereocenters. The lowest BCUT2D eigenvalue weighted by atomic mass is 10.0. The molecular weight excluding hydrogens is 240 g/mol. The van der Waals surface area contributed by atoms with Gasteiger partial charge in [-0.25, -0.2) is 0 Å². The summed E-state index contributed by atoms with van der Waals surface area (Å²) in [5, 5.41) is 8.83. The lowest BCUT2D eigenvalue weighted by Gasteiger charge is -2.14. The maximum absolute atomic E-state index is 10.8. The fourth-order valence-corrected chi connectivity index (χ4v) is 2.02. The van der Waals surface area contributed by atoms with Crippen LogP contribution < -0.4 is 0 Å². The Morgan fingerprint density at radius 3 is 2.16 bits per heavy atom. The van der Waals surface area contributed by atoms with Gasteiger partial charge in [-0.1, -0.05) is 54.6 Å². The van der Waals surface area contributed by atoms with Crippen molar-refractivity contribution in [3.05, 3.63) is 60.2 Å². The van der Waals surface area contributed by atoms with Gasteiger partial charge >= 0.3 is 5.97 Å². The van der Waals surface area contributed by atoms with Crippen molar-refractivity contribution >= 4 is 5.97 Å². The number of hydrogen-bond acceptors (Lipinski definition) is 2. The summed E-state index contributed by atoms with van der Waals surface area (Å²) < 4.78 is 5.21. The van der Waals surface area contributed by atoms with E-state index in [0.29, 0.717) is 0 Å². The summed E-state index contributed by atoms with van der Waals surface area (Å²) >= 11 is 0. The van der Waals surface area contributed by atoms with Gasteiger partial charge in [0.25, 0.3) is 0 Å². The van der Waals surface area contributed by atoms with Crippen molar-refractivity contribution in [1.82, 2.24) is 0 Å². The minimum atomic E-state index is -0.862. The van der Waals surface area contributed by atoms with Gasteiger partial charge in [0, 0.05) is 7.11 Å². The van der Waals surface area contributed by atoms with Crippen LogP contribution in [0.1, 0.15) is 18.1 Å². The zero-order valence-corrected chi connectivity index (χ0v) is 10.7. The molecule has 2 rings (SSSR count). The van der Waals surface area contributed by atoms with E-state index >= 15 is 0 Å². The summed E-state index contributed by atoms with van der Waals surface area (Å²) in [6, 6.07) is 17.8. The summed E-state index contributed by atoms with van der Waals surface area (Å²) in [4.78, 5) is 10.8. The van der Waals surface area contributed by atoms with Gasteiger partial charge in [-0.15, -0.1) is 0 Å². The molecule has 0 amide bonds. The van der Waals surface area contributed by atoms with E-state index in [4.69, 9.17) is 9.84 Å². The van der Waals surface area contributed by atoms with Gasteiger partial charge in [0.15, 0.2) is 0 Å². The molecule has 0 heterocycles.